The molecule has 0 radical (unpaired) electrons. The molecule has 1 N–H and O–H groups in total. The number of fused-ring (bicyclic) bond motifs is 1. The van der Waals surface area contributed by atoms with Crippen LogP contribution in [0.1, 0.15) is 10.6 Å². The molecule has 3 aromatic rings. The van der Waals surface area contributed by atoms with Crippen molar-refractivity contribution in [2.75, 3.05) is 6.54 Å². The Hall–Kier alpha value is -1.97. The Balaban J connectivity index is 1.65. The van der Waals surface area contributed by atoms with E-state index in [1.165, 1.54) is 11.3 Å². The standard InChI is InChI=1S/C16H13F3N2O2S2/c17-16(18,19)11-5-7-12(8-6-11)25(22,23)20-10-9-15-21-13-3-1-2-4-14(13)24-15/h1-8,20H,9-10H2. The third kappa shape index (κ3) is 4.17. The van der Waals surface area contributed by atoms with Crippen molar-refractivity contribution in [2.45, 2.75) is 17.5 Å². The van der Waals surface area contributed by atoms with E-state index >= 15 is 0 Å². The fourth-order valence-corrected chi connectivity index (χ4v) is 4.22. The van der Waals surface area contributed by atoms with Gasteiger partial charge in [0.25, 0.3) is 0 Å². The molecule has 0 unspecified atom stereocenters. The number of hydrogen-bond acceptors (Lipinski definition) is 4. The van der Waals surface area contributed by atoms with Crippen LogP contribution in [-0.4, -0.2) is 19.9 Å². The van der Waals surface area contributed by atoms with Crippen LogP contribution in [-0.2, 0) is 22.6 Å². The summed E-state index contributed by atoms with van der Waals surface area (Å²) >= 11 is 1.48. The summed E-state index contributed by atoms with van der Waals surface area (Å²) in [5, 5.41) is 0.788. The number of sulfonamides is 1. The molecule has 0 bridgehead atoms. The van der Waals surface area contributed by atoms with Gasteiger partial charge in [0.2, 0.25) is 10.0 Å². The largest absolute Gasteiger partial charge is 0.416 e. The highest BCUT2D eigenvalue weighted by Crippen LogP contribution is 2.29. The minimum atomic E-state index is -4.50. The summed E-state index contributed by atoms with van der Waals surface area (Å²) in [6, 6.07) is 11.0. The second-order valence-electron chi connectivity index (χ2n) is 5.25. The molecule has 0 aliphatic rings. The summed E-state index contributed by atoms with van der Waals surface area (Å²) in [6.07, 6.45) is -4.10. The summed E-state index contributed by atoms with van der Waals surface area (Å²) in [5.74, 6) is 0. The molecule has 0 fully saturated rings. The smallest absolute Gasteiger partial charge is 0.241 e. The highest BCUT2D eigenvalue weighted by atomic mass is 32.2. The van der Waals surface area contributed by atoms with Gasteiger partial charge in [0.05, 0.1) is 25.7 Å². The van der Waals surface area contributed by atoms with E-state index in [-0.39, 0.29) is 11.4 Å². The van der Waals surface area contributed by atoms with Gasteiger partial charge in [-0.05, 0) is 36.4 Å². The zero-order valence-electron chi connectivity index (χ0n) is 12.7. The maximum atomic E-state index is 12.5. The van der Waals surface area contributed by atoms with Gasteiger partial charge in [-0.1, -0.05) is 12.1 Å². The number of thiazole rings is 1. The first-order valence-corrected chi connectivity index (χ1v) is 9.57. The lowest BCUT2D eigenvalue weighted by atomic mass is 10.2. The van der Waals surface area contributed by atoms with Crippen LogP contribution in [0.2, 0.25) is 0 Å². The molecule has 0 spiro atoms. The average Bonchev–Trinajstić information content (AvgIpc) is 2.96. The summed E-state index contributed by atoms with van der Waals surface area (Å²) in [5.41, 5.74) is -0.0333. The van der Waals surface area contributed by atoms with E-state index in [1.54, 1.807) is 0 Å². The van der Waals surface area contributed by atoms with Gasteiger partial charge in [-0.2, -0.15) is 13.2 Å². The van der Waals surface area contributed by atoms with Crippen molar-refractivity contribution < 1.29 is 21.6 Å². The number of aromatic nitrogens is 1. The molecule has 0 saturated heterocycles. The number of hydrogen-bond donors (Lipinski definition) is 1. The Kier molecular flexibility index (Phi) is 4.81. The second kappa shape index (κ2) is 6.74. The van der Waals surface area contributed by atoms with Crippen LogP contribution in [0.25, 0.3) is 10.2 Å². The van der Waals surface area contributed by atoms with Crippen molar-refractivity contribution in [2.24, 2.45) is 0 Å². The predicted octanol–water partition coefficient (Wildman–Crippen LogP) is 3.84. The molecule has 0 atom stereocenters. The molecule has 25 heavy (non-hydrogen) atoms. The molecule has 4 nitrogen and oxygen atoms in total. The molecule has 0 amide bonds. The molecule has 0 saturated carbocycles. The van der Waals surface area contributed by atoms with Crippen LogP contribution >= 0.6 is 11.3 Å². The lowest BCUT2D eigenvalue weighted by Crippen LogP contribution is -2.26. The number of alkyl halides is 3. The number of rotatable bonds is 5. The van der Waals surface area contributed by atoms with Crippen LogP contribution in [0, 0.1) is 0 Å². The average molecular weight is 386 g/mol. The first-order valence-electron chi connectivity index (χ1n) is 7.27. The van der Waals surface area contributed by atoms with Crippen molar-refractivity contribution in [3.63, 3.8) is 0 Å². The van der Waals surface area contributed by atoms with Gasteiger partial charge in [0, 0.05) is 13.0 Å². The van der Waals surface area contributed by atoms with Crippen molar-refractivity contribution in [1.29, 1.82) is 0 Å². The van der Waals surface area contributed by atoms with E-state index in [4.69, 9.17) is 0 Å². The summed E-state index contributed by atoms with van der Waals surface area (Å²) in [7, 11) is -3.86. The van der Waals surface area contributed by atoms with Crippen molar-refractivity contribution in [3.05, 3.63) is 59.1 Å². The summed E-state index contributed by atoms with van der Waals surface area (Å²) < 4.78 is 65.3. The van der Waals surface area contributed by atoms with E-state index in [9.17, 15) is 21.6 Å². The normalized spacial score (nSPS) is 12.6. The lowest BCUT2D eigenvalue weighted by molar-refractivity contribution is -0.137. The SMILES string of the molecule is O=S(=O)(NCCc1nc2ccccc2s1)c1ccc(C(F)(F)F)cc1. The highest BCUT2D eigenvalue weighted by molar-refractivity contribution is 7.89. The van der Waals surface area contributed by atoms with Crippen LogP contribution in [0.3, 0.4) is 0 Å². The van der Waals surface area contributed by atoms with Gasteiger partial charge in [-0.15, -0.1) is 11.3 Å². The van der Waals surface area contributed by atoms with Gasteiger partial charge in [0.15, 0.2) is 0 Å². The molecule has 1 heterocycles. The van der Waals surface area contributed by atoms with Crippen molar-refractivity contribution in [1.82, 2.24) is 9.71 Å². The quantitative estimate of drug-likeness (QED) is 0.725. The van der Waals surface area contributed by atoms with Crippen LogP contribution < -0.4 is 4.72 Å². The molecule has 9 heteroatoms. The molecule has 0 aliphatic carbocycles. The predicted molar refractivity (Wildman–Crippen MR) is 90.0 cm³/mol. The summed E-state index contributed by atoms with van der Waals surface area (Å²) in [6.45, 7) is 0.114. The monoisotopic (exact) mass is 386 g/mol. The minimum Gasteiger partial charge on any atom is -0.241 e. The number of nitrogens with zero attached hydrogens (tertiary/aromatic N) is 1. The first kappa shape index (κ1) is 17.8. The van der Waals surface area contributed by atoms with Crippen LogP contribution in [0.4, 0.5) is 13.2 Å². The van der Waals surface area contributed by atoms with Crippen LogP contribution in [0.5, 0.6) is 0 Å². The van der Waals surface area contributed by atoms with E-state index in [0.29, 0.717) is 6.42 Å². The van der Waals surface area contributed by atoms with E-state index in [0.717, 1.165) is 39.5 Å². The Morgan fingerprint density at radius 3 is 2.36 bits per heavy atom. The highest BCUT2D eigenvalue weighted by Gasteiger charge is 2.30. The Bertz CT molecular complexity index is 948. The van der Waals surface area contributed by atoms with Gasteiger partial charge >= 0.3 is 6.18 Å². The Morgan fingerprint density at radius 1 is 1.04 bits per heavy atom. The fourth-order valence-electron chi connectivity index (χ4n) is 2.23. The number of para-hydroxylation sites is 1. The number of nitrogens with one attached hydrogen (secondary N) is 1. The zero-order chi connectivity index (χ0) is 18.1. The van der Waals surface area contributed by atoms with Crippen LogP contribution in [0.15, 0.2) is 53.4 Å². The second-order valence-corrected chi connectivity index (χ2v) is 8.13. The lowest BCUT2D eigenvalue weighted by Gasteiger charge is -2.09. The minimum absolute atomic E-state index is 0.114. The van der Waals surface area contributed by atoms with Crippen molar-refractivity contribution in [3.8, 4) is 0 Å². The number of benzene rings is 2. The molecular formula is C16H13F3N2O2S2. The first-order chi connectivity index (χ1) is 11.8. The maximum absolute atomic E-state index is 12.5. The third-order valence-electron chi connectivity index (χ3n) is 3.46. The molecule has 2 aromatic carbocycles. The molecule has 132 valence electrons. The van der Waals surface area contributed by atoms with Crippen molar-refractivity contribution >= 4 is 31.6 Å². The summed E-state index contributed by atoms with van der Waals surface area (Å²) in [4.78, 5) is 4.20. The topological polar surface area (TPSA) is 59.1 Å². The van der Waals surface area contributed by atoms with Gasteiger partial charge in [0.1, 0.15) is 0 Å². The van der Waals surface area contributed by atoms with Gasteiger partial charge < -0.3 is 0 Å². The Morgan fingerprint density at radius 2 is 1.72 bits per heavy atom. The van der Waals surface area contributed by atoms with E-state index in [1.807, 2.05) is 24.3 Å². The number of halogens is 3. The molecule has 0 aliphatic heterocycles. The van der Waals surface area contributed by atoms with E-state index < -0.39 is 21.8 Å². The van der Waals surface area contributed by atoms with E-state index in [2.05, 4.69) is 9.71 Å². The molecule has 1 aromatic heterocycles. The van der Waals surface area contributed by atoms with Gasteiger partial charge in [-0.25, -0.2) is 18.1 Å². The molecule has 3 rings (SSSR count). The third-order valence-corrected chi connectivity index (χ3v) is 6.03. The fraction of sp³-hybridized carbons (Fsp3) is 0.188. The maximum Gasteiger partial charge on any atom is 0.416 e. The zero-order valence-corrected chi connectivity index (χ0v) is 14.4. The van der Waals surface area contributed by atoms with Gasteiger partial charge in [-0.3, -0.25) is 0 Å². The Labute approximate surface area is 146 Å². The molecular weight excluding hydrogens is 373 g/mol.